The summed E-state index contributed by atoms with van der Waals surface area (Å²) in [5, 5.41) is 5.67. The first kappa shape index (κ1) is 16.8. The van der Waals surface area contributed by atoms with Crippen LogP contribution in [0.5, 0.6) is 5.75 Å². The van der Waals surface area contributed by atoms with Crippen LogP contribution in [0.4, 0.5) is 11.4 Å². The van der Waals surface area contributed by atoms with Crippen LogP contribution in [-0.2, 0) is 9.59 Å². The fraction of sp³-hybridized carbons (Fsp3) is 0.176. The molecule has 0 heterocycles. The number of aryl methyl sites for hydroxylation is 1. The molecular weight excluding hydrogens is 316 g/mol. The summed E-state index contributed by atoms with van der Waals surface area (Å²) >= 11 is 5.86. The Bertz CT molecular complexity index is 732. The van der Waals surface area contributed by atoms with Gasteiger partial charge in [-0.3, -0.25) is 9.59 Å². The molecule has 5 nitrogen and oxygen atoms in total. The van der Waals surface area contributed by atoms with Crippen molar-refractivity contribution < 1.29 is 14.3 Å². The highest BCUT2D eigenvalue weighted by Gasteiger charge is 2.16. The molecule has 0 aromatic heterocycles. The molecular formula is C17H17ClN2O3. The third-order valence-corrected chi connectivity index (χ3v) is 3.31. The normalized spacial score (nSPS) is 10.0. The number of hydrogen-bond donors (Lipinski definition) is 2. The number of hydrogen-bond acceptors (Lipinski definition) is 3. The molecule has 2 aromatic rings. The summed E-state index contributed by atoms with van der Waals surface area (Å²) in [7, 11) is 0. The maximum atomic E-state index is 12.0. The smallest absolute Gasteiger partial charge is 0.314 e. The first-order valence-electron chi connectivity index (χ1n) is 7.11. The molecule has 0 bridgehead atoms. The van der Waals surface area contributed by atoms with Gasteiger partial charge in [0, 0.05) is 10.7 Å². The summed E-state index contributed by atoms with van der Waals surface area (Å²) in [6, 6.07) is 11.9. The molecule has 120 valence electrons. The van der Waals surface area contributed by atoms with Gasteiger partial charge in [-0.25, -0.2) is 0 Å². The van der Waals surface area contributed by atoms with Crippen molar-refractivity contribution in [2.45, 2.75) is 13.8 Å². The molecule has 0 saturated heterocycles. The van der Waals surface area contributed by atoms with Crippen LogP contribution in [0.3, 0.4) is 0 Å². The van der Waals surface area contributed by atoms with E-state index in [4.69, 9.17) is 16.3 Å². The lowest BCUT2D eigenvalue weighted by molar-refractivity contribution is -0.133. The van der Waals surface area contributed by atoms with Crippen LogP contribution in [0.15, 0.2) is 42.5 Å². The monoisotopic (exact) mass is 332 g/mol. The highest BCUT2D eigenvalue weighted by Crippen LogP contribution is 2.24. The Morgan fingerprint density at radius 1 is 1.04 bits per heavy atom. The molecule has 2 rings (SSSR count). The maximum Gasteiger partial charge on any atom is 0.314 e. The molecule has 2 amide bonds. The van der Waals surface area contributed by atoms with Crippen molar-refractivity contribution in [3.05, 3.63) is 53.1 Å². The minimum Gasteiger partial charge on any atom is -0.492 e. The Hall–Kier alpha value is -2.53. The van der Waals surface area contributed by atoms with Crippen LogP contribution < -0.4 is 15.4 Å². The first-order chi connectivity index (χ1) is 11.0. The number of ether oxygens (including phenoxy) is 1. The molecule has 0 unspecified atom stereocenters. The van der Waals surface area contributed by atoms with E-state index in [0.29, 0.717) is 28.8 Å². The zero-order valence-corrected chi connectivity index (χ0v) is 13.6. The summed E-state index contributed by atoms with van der Waals surface area (Å²) in [4.78, 5) is 24.1. The van der Waals surface area contributed by atoms with Gasteiger partial charge >= 0.3 is 11.8 Å². The van der Waals surface area contributed by atoms with Crippen molar-refractivity contribution in [1.29, 1.82) is 0 Å². The van der Waals surface area contributed by atoms with Crippen molar-refractivity contribution in [2.24, 2.45) is 0 Å². The van der Waals surface area contributed by atoms with Gasteiger partial charge in [-0.05, 0) is 49.7 Å². The molecule has 2 aromatic carbocycles. The zero-order valence-electron chi connectivity index (χ0n) is 12.9. The molecule has 0 saturated carbocycles. The number of benzene rings is 2. The van der Waals surface area contributed by atoms with E-state index in [-0.39, 0.29) is 0 Å². The zero-order chi connectivity index (χ0) is 16.8. The molecule has 0 aliphatic rings. The summed E-state index contributed by atoms with van der Waals surface area (Å²) in [5.74, 6) is -1.02. The number of nitrogens with one attached hydrogen (secondary N) is 2. The van der Waals surface area contributed by atoms with Gasteiger partial charge in [0.05, 0.1) is 12.3 Å². The van der Waals surface area contributed by atoms with Crippen LogP contribution in [0.1, 0.15) is 12.5 Å². The standard InChI is InChI=1S/C17H17ClN2O3/c1-3-23-15-7-5-4-6-14(15)20-17(22)16(21)19-13-9-8-12(18)10-11(13)2/h4-10H,3H2,1-2H3,(H,19,21)(H,20,22). The molecule has 0 fully saturated rings. The van der Waals surface area contributed by atoms with E-state index in [9.17, 15) is 9.59 Å². The van der Waals surface area contributed by atoms with Gasteiger partial charge in [-0.2, -0.15) is 0 Å². The summed E-state index contributed by atoms with van der Waals surface area (Å²) in [5.41, 5.74) is 1.75. The van der Waals surface area contributed by atoms with Crippen molar-refractivity contribution in [3.63, 3.8) is 0 Å². The number of anilines is 2. The summed E-state index contributed by atoms with van der Waals surface area (Å²) in [6.45, 7) is 4.10. The molecule has 0 aliphatic heterocycles. The second-order valence-corrected chi connectivity index (χ2v) is 5.23. The van der Waals surface area contributed by atoms with Gasteiger partial charge in [0.1, 0.15) is 5.75 Å². The van der Waals surface area contributed by atoms with Crippen LogP contribution in [-0.4, -0.2) is 18.4 Å². The number of amides is 2. The van der Waals surface area contributed by atoms with Gasteiger partial charge in [-0.1, -0.05) is 23.7 Å². The van der Waals surface area contributed by atoms with Gasteiger partial charge in [-0.15, -0.1) is 0 Å². The van der Waals surface area contributed by atoms with E-state index >= 15 is 0 Å². The molecule has 0 radical (unpaired) electrons. The third kappa shape index (κ3) is 4.47. The fourth-order valence-corrected chi connectivity index (χ4v) is 2.20. The van der Waals surface area contributed by atoms with Crippen molar-refractivity contribution in [1.82, 2.24) is 0 Å². The predicted octanol–water partition coefficient (Wildman–Crippen LogP) is 3.62. The molecule has 0 aliphatic carbocycles. The topological polar surface area (TPSA) is 67.4 Å². The van der Waals surface area contributed by atoms with Crippen LogP contribution in [0, 0.1) is 6.92 Å². The SMILES string of the molecule is CCOc1ccccc1NC(=O)C(=O)Nc1ccc(Cl)cc1C. The Morgan fingerprint density at radius 2 is 1.70 bits per heavy atom. The van der Waals surface area contributed by atoms with E-state index in [1.165, 1.54) is 0 Å². The second-order valence-electron chi connectivity index (χ2n) is 4.80. The average Bonchev–Trinajstić information content (AvgIpc) is 2.52. The van der Waals surface area contributed by atoms with E-state index in [2.05, 4.69) is 10.6 Å². The third-order valence-electron chi connectivity index (χ3n) is 3.08. The number of halogens is 1. The summed E-state index contributed by atoms with van der Waals surface area (Å²) < 4.78 is 5.41. The molecule has 2 N–H and O–H groups in total. The lowest BCUT2D eigenvalue weighted by atomic mass is 10.2. The van der Waals surface area contributed by atoms with Crippen molar-refractivity contribution in [3.8, 4) is 5.75 Å². The van der Waals surface area contributed by atoms with E-state index in [1.807, 2.05) is 6.92 Å². The minimum absolute atomic E-state index is 0.447. The van der Waals surface area contributed by atoms with E-state index in [1.54, 1.807) is 49.4 Å². The number of carbonyl (C=O) groups excluding carboxylic acids is 2. The average molecular weight is 333 g/mol. The quantitative estimate of drug-likeness (QED) is 0.840. The Balaban J connectivity index is 2.07. The Morgan fingerprint density at radius 3 is 2.35 bits per heavy atom. The lowest BCUT2D eigenvalue weighted by Gasteiger charge is -2.12. The highest BCUT2D eigenvalue weighted by atomic mass is 35.5. The molecule has 0 atom stereocenters. The maximum absolute atomic E-state index is 12.0. The number of para-hydroxylation sites is 2. The van der Waals surface area contributed by atoms with Crippen molar-refractivity contribution >= 4 is 34.8 Å². The molecule has 0 spiro atoms. The summed E-state index contributed by atoms with van der Waals surface area (Å²) in [6.07, 6.45) is 0. The van der Waals surface area contributed by atoms with E-state index < -0.39 is 11.8 Å². The van der Waals surface area contributed by atoms with Gasteiger partial charge in [0.15, 0.2) is 0 Å². The van der Waals surface area contributed by atoms with Crippen molar-refractivity contribution in [2.75, 3.05) is 17.2 Å². The lowest BCUT2D eigenvalue weighted by Crippen LogP contribution is -2.29. The van der Waals surface area contributed by atoms with Gasteiger partial charge in [0.2, 0.25) is 0 Å². The molecule has 23 heavy (non-hydrogen) atoms. The molecule has 6 heteroatoms. The van der Waals surface area contributed by atoms with Gasteiger partial charge in [0.25, 0.3) is 0 Å². The number of rotatable bonds is 4. The van der Waals surface area contributed by atoms with Crippen LogP contribution in [0.25, 0.3) is 0 Å². The second kappa shape index (κ2) is 7.65. The minimum atomic E-state index is -0.772. The van der Waals surface area contributed by atoms with Gasteiger partial charge < -0.3 is 15.4 Å². The predicted molar refractivity (Wildman–Crippen MR) is 91.1 cm³/mol. The largest absolute Gasteiger partial charge is 0.492 e. The van der Waals surface area contributed by atoms with E-state index in [0.717, 1.165) is 5.56 Å². The van der Waals surface area contributed by atoms with Crippen LogP contribution >= 0.6 is 11.6 Å². The van der Waals surface area contributed by atoms with Crippen LogP contribution in [0.2, 0.25) is 5.02 Å². The highest BCUT2D eigenvalue weighted by molar-refractivity contribution is 6.44. The number of carbonyl (C=O) groups is 2. The Labute approximate surface area is 139 Å². The Kier molecular flexibility index (Phi) is 5.60. The first-order valence-corrected chi connectivity index (χ1v) is 7.49. The fourth-order valence-electron chi connectivity index (χ4n) is 1.98.